The lowest BCUT2D eigenvalue weighted by Gasteiger charge is -2.38. The highest BCUT2D eigenvalue weighted by Gasteiger charge is 2.52. The van der Waals surface area contributed by atoms with Crippen molar-refractivity contribution in [3.63, 3.8) is 0 Å². The molecule has 7 amide bonds. The first kappa shape index (κ1) is 47.8. The highest BCUT2D eigenvalue weighted by molar-refractivity contribution is 6.01. The fraction of sp³-hybridized carbons (Fsp3) is 0.549. The van der Waals surface area contributed by atoms with Crippen molar-refractivity contribution in [2.75, 3.05) is 40.0 Å². The Hall–Kier alpha value is -6.27. The topological polar surface area (TPSA) is 236 Å². The summed E-state index contributed by atoms with van der Waals surface area (Å²) in [6, 6.07) is 9.71. The Kier molecular flexibility index (Phi) is 14.7. The van der Waals surface area contributed by atoms with Crippen molar-refractivity contribution >= 4 is 63.2 Å². The molecule has 368 valence electrons. The number of hydrogen-bond acceptors (Lipinski definition) is 9. The average molecular weight is 948 g/mol. The van der Waals surface area contributed by atoms with Gasteiger partial charge in [-0.15, -0.1) is 0 Å². The molecule has 2 aromatic carbocycles. The molecule has 1 unspecified atom stereocenters. The molecule has 9 rings (SSSR count). The third-order valence-corrected chi connectivity index (χ3v) is 15.2. The van der Waals surface area contributed by atoms with E-state index in [1.807, 2.05) is 54.7 Å². The number of carbonyl (C=O) groups excluding carboxylic acids is 7. The Labute approximate surface area is 401 Å². The molecule has 0 bridgehead atoms. The lowest BCUT2D eigenvalue weighted by atomic mass is 9.84. The number of aromatic nitrogens is 2. The number of nitrogens with zero attached hydrogens (tertiary/aromatic N) is 2. The molecule has 0 radical (unpaired) electrons. The molecule has 2 aromatic heterocycles. The third kappa shape index (κ3) is 10.2. The fourth-order valence-corrected chi connectivity index (χ4v) is 11.6. The molecule has 5 fully saturated rings. The van der Waals surface area contributed by atoms with Crippen LogP contribution in [0.4, 0.5) is 0 Å². The van der Waals surface area contributed by atoms with Crippen molar-refractivity contribution in [1.29, 1.82) is 0 Å². The van der Waals surface area contributed by atoms with Crippen LogP contribution in [0, 0.1) is 5.92 Å². The number of rotatable bonds is 12. The molecular weight excluding hydrogens is 883 g/mol. The molecule has 4 aromatic rings. The van der Waals surface area contributed by atoms with Crippen LogP contribution in [0.25, 0.3) is 21.8 Å². The highest BCUT2D eigenvalue weighted by atomic mass is 16.5. The van der Waals surface area contributed by atoms with Gasteiger partial charge < -0.3 is 55.8 Å². The molecule has 5 heterocycles. The molecule has 18 heteroatoms. The Morgan fingerprint density at radius 3 is 2.06 bits per heavy atom. The van der Waals surface area contributed by atoms with Gasteiger partial charge in [0.1, 0.15) is 42.4 Å². The van der Waals surface area contributed by atoms with E-state index in [2.05, 4.69) is 36.6 Å². The van der Waals surface area contributed by atoms with Crippen LogP contribution in [0.1, 0.15) is 88.2 Å². The van der Waals surface area contributed by atoms with Crippen molar-refractivity contribution in [3.05, 3.63) is 72.1 Å². The van der Waals surface area contributed by atoms with Gasteiger partial charge in [0.25, 0.3) is 0 Å². The minimum Gasteiger partial charge on any atom is -0.382 e. The lowest BCUT2D eigenvalue weighted by molar-refractivity contribution is -0.150. The number of nitrogens with one attached hydrogen (secondary N) is 7. The highest BCUT2D eigenvalue weighted by Crippen LogP contribution is 2.41. The van der Waals surface area contributed by atoms with Gasteiger partial charge in [-0.3, -0.25) is 33.6 Å². The predicted molar refractivity (Wildman–Crippen MR) is 255 cm³/mol. The molecular formula is C51H65N9O9. The van der Waals surface area contributed by atoms with Crippen LogP contribution in [-0.2, 0) is 55.9 Å². The first-order valence-electron chi connectivity index (χ1n) is 24.8. The molecule has 3 saturated heterocycles. The van der Waals surface area contributed by atoms with E-state index in [-0.39, 0.29) is 63.4 Å². The van der Waals surface area contributed by atoms with Gasteiger partial charge in [0.2, 0.25) is 41.4 Å². The normalized spacial score (nSPS) is 26.8. The molecule has 3 aliphatic heterocycles. The van der Waals surface area contributed by atoms with Gasteiger partial charge in [-0.2, -0.15) is 0 Å². The second-order valence-corrected chi connectivity index (χ2v) is 19.5. The number of methoxy groups -OCH3 is 1. The SMILES string of the molecule is COCCOCC(=O)NCCC1NC(=O)[C@H](Cc2c[nH]c3ccccc23)NC(=O)C2(CCCC2)NC(=O)[C@H](Cc2c[nH]c3ccccc23)NC(=O)[C@@H]2C[C@@H]3CCCC[C@@H]3N2C(=O)[C@H]2CCCN2C1=O. The summed E-state index contributed by atoms with van der Waals surface area (Å²) in [4.78, 5) is 113. The van der Waals surface area contributed by atoms with Crippen molar-refractivity contribution in [2.24, 2.45) is 5.92 Å². The zero-order valence-corrected chi connectivity index (χ0v) is 39.3. The molecule has 7 N–H and O–H groups in total. The Morgan fingerprint density at radius 2 is 1.36 bits per heavy atom. The number of amides is 7. The Balaban J connectivity index is 1.09. The van der Waals surface area contributed by atoms with Crippen LogP contribution < -0.4 is 26.6 Å². The molecule has 1 spiro atoms. The number of H-pyrrole nitrogens is 2. The van der Waals surface area contributed by atoms with E-state index in [9.17, 15) is 24.0 Å². The van der Waals surface area contributed by atoms with Gasteiger partial charge in [0.15, 0.2) is 0 Å². The van der Waals surface area contributed by atoms with Gasteiger partial charge in [-0.25, -0.2) is 0 Å². The molecule has 7 atom stereocenters. The predicted octanol–water partition coefficient (Wildman–Crippen LogP) is 2.65. The number of ether oxygens (including phenoxy) is 2. The van der Waals surface area contributed by atoms with Gasteiger partial charge in [-0.1, -0.05) is 62.1 Å². The summed E-state index contributed by atoms with van der Waals surface area (Å²) in [5, 5.41) is 16.7. The van der Waals surface area contributed by atoms with Crippen molar-refractivity contribution < 1.29 is 43.0 Å². The van der Waals surface area contributed by atoms with E-state index in [1.165, 1.54) is 12.0 Å². The van der Waals surface area contributed by atoms with Crippen molar-refractivity contribution in [2.45, 2.75) is 132 Å². The molecule has 2 saturated carbocycles. The summed E-state index contributed by atoms with van der Waals surface area (Å²) in [5.41, 5.74) is 1.82. The second kappa shape index (κ2) is 21.2. The Bertz CT molecular complexity index is 2550. The number of para-hydroxylation sites is 2. The number of aromatic amines is 2. The standard InChI is InChI=1S/C51H65N9O9/c1-68-23-24-69-30-44(61)52-21-18-38-48(65)59-22-10-17-42(59)49(66)60-41-16-7-2-11-31(41)27-43(60)47(64)56-40(26-33-29-54-37-15-6-4-13-35(33)37)46(63)58-51(19-8-9-20-51)50(67)57-39(45(62)55-38)25-32-28-53-36-14-5-3-12-34(32)36/h3-6,12-15,28-29,31,38-43,53-54H,2,7-11,16-27,30H2,1H3,(H,52,61)(H,55,62)(H,56,64)(H,57,67)(H,58,63)/t31-,38?,39-,40-,41-,42+,43-/m0/s1. The maximum Gasteiger partial charge on any atom is 0.246 e. The Morgan fingerprint density at radius 1 is 0.710 bits per heavy atom. The van der Waals surface area contributed by atoms with E-state index in [4.69, 9.17) is 9.47 Å². The number of fused-ring (bicyclic) bond motifs is 6. The van der Waals surface area contributed by atoms with Crippen LogP contribution >= 0.6 is 0 Å². The molecule has 18 nitrogen and oxygen atoms in total. The summed E-state index contributed by atoms with van der Waals surface area (Å²) in [7, 11) is 1.53. The maximum absolute atomic E-state index is 15.2. The lowest BCUT2D eigenvalue weighted by Crippen LogP contribution is -2.65. The van der Waals surface area contributed by atoms with Gasteiger partial charge in [0, 0.05) is 73.3 Å². The zero-order valence-electron chi connectivity index (χ0n) is 39.3. The van der Waals surface area contributed by atoms with E-state index >= 15 is 9.59 Å². The van der Waals surface area contributed by atoms with E-state index in [0.29, 0.717) is 58.0 Å². The minimum absolute atomic E-state index is 0.0118. The van der Waals surface area contributed by atoms with Crippen LogP contribution in [-0.4, -0.2) is 143 Å². The maximum atomic E-state index is 15.2. The molecule has 5 aliphatic rings. The molecule has 69 heavy (non-hydrogen) atoms. The summed E-state index contributed by atoms with van der Waals surface area (Å²) in [5.74, 6) is -3.37. The summed E-state index contributed by atoms with van der Waals surface area (Å²) in [6.07, 6.45) is 10.3. The largest absolute Gasteiger partial charge is 0.382 e. The van der Waals surface area contributed by atoms with E-state index < -0.39 is 71.2 Å². The second-order valence-electron chi connectivity index (χ2n) is 19.5. The first-order chi connectivity index (χ1) is 33.5. The van der Waals surface area contributed by atoms with E-state index in [1.54, 1.807) is 11.1 Å². The molecule has 2 aliphatic carbocycles. The van der Waals surface area contributed by atoms with Crippen LogP contribution in [0.5, 0.6) is 0 Å². The van der Waals surface area contributed by atoms with Gasteiger partial charge in [-0.05, 0) is 80.5 Å². The number of carbonyl (C=O) groups is 7. The first-order valence-corrected chi connectivity index (χ1v) is 24.8. The minimum atomic E-state index is -1.43. The van der Waals surface area contributed by atoms with Crippen LogP contribution in [0.15, 0.2) is 60.9 Å². The van der Waals surface area contributed by atoms with E-state index in [0.717, 1.165) is 52.2 Å². The monoisotopic (exact) mass is 947 g/mol. The van der Waals surface area contributed by atoms with Crippen LogP contribution in [0.3, 0.4) is 0 Å². The number of hydrogen-bond donors (Lipinski definition) is 7. The zero-order chi connectivity index (χ0) is 48.1. The van der Waals surface area contributed by atoms with Crippen molar-refractivity contribution in [1.82, 2.24) is 46.4 Å². The number of benzene rings is 2. The average Bonchev–Trinajstić information content (AvgIpc) is 4.22. The van der Waals surface area contributed by atoms with Crippen molar-refractivity contribution in [3.8, 4) is 0 Å². The summed E-state index contributed by atoms with van der Waals surface area (Å²) < 4.78 is 10.4. The van der Waals surface area contributed by atoms with Gasteiger partial charge in [0.05, 0.1) is 13.2 Å². The van der Waals surface area contributed by atoms with Crippen LogP contribution in [0.2, 0.25) is 0 Å². The fourth-order valence-electron chi connectivity index (χ4n) is 11.6. The third-order valence-electron chi connectivity index (χ3n) is 15.2. The summed E-state index contributed by atoms with van der Waals surface area (Å²) in [6.45, 7) is 0.524. The van der Waals surface area contributed by atoms with Gasteiger partial charge >= 0.3 is 0 Å². The quantitative estimate of drug-likeness (QED) is 0.103. The summed E-state index contributed by atoms with van der Waals surface area (Å²) >= 11 is 0. The smallest absolute Gasteiger partial charge is 0.246 e.